The van der Waals surface area contributed by atoms with Crippen molar-refractivity contribution in [2.24, 2.45) is 11.1 Å². The second-order valence-electron chi connectivity index (χ2n) is 14.6. The Morgan fingerprint density at radius 1 is 0.943 bits per heavy atom. The maximum Gasteiger partial charge on any atom is 0.407 e. The van der Waals surface area contributed by atoms with Gasteiger partial charge in [-0.05, 0) is 66.0 Å². The van der Waals surface area contributed by atoms with Crippen molar-refractivity contribution in [3.05, 3.63) is 64.7 Å². The van der Waals surface area contributed by atoms with Crippen LogP contribution in [0.3, 0.4) is 0 Å². The third kappa shape index (κ3) is 11.6. The van der Waals surface area contributed by atoms with E-state index in [4.69, 9.17) is 24.7 Å². The maximum absolute atomic E-state index is 14.6. The Kier molecular flexibility index (Phi) is 15.5. The molecule has 0 aromatic heterocycles. The molecule has 0 bridgehead atoms. The summed E-state index contributed by atoms with van der Waals surface area (Å²) >= 11 is 0. The third-order valence-corrected chi connectivity index (χ3v) is 9.74. The van der Waals surface area contributed by atoms with Gasteiger partial charge in [-0.1, -0.05) is 51.1 Å². The lowest BCUT2D eigenvalue weighted by Gasteiger charge is -2.42. The lowest BCUT2D eigenvalue weighted by atomic mass is 9.83. The highest BCUT2D eigenvalue weighted by molar-refractivity contribution is 5.94. The van der Waals surface area contributed by atoms with Gasteiger partial charge in [0.1, 0.15) is 30.5 Å². The number of hydrogen-bond donors (Lipinski definition) is 4. The van der Waals surface area contributed by atoms with Crippen LogP contribution in [-0.2, 0) is 48.0 Å². The molecule has 0 saturated carbocycles. The van der Waals surface area contributed by atoms with Crippen molar-refractivity contribution in [2.75, 3.05) is 59.8 Å². The number of fused-ring (bicyclic) bond motifs is 2. The summed E-state index contributed by atoms with van der Waals surface area (Å²) in [6, 6.07) is 10.6. The van der Waals surface area contributed by atoms with Crippen molar-refractivity contribution in [1.29, 1.82) is 0 Å². The SMILES string of the molecule is CC(C(=O)NC(C(=O)N1Cc2cc(OCCOCCOCCOCCN)ccc2CC1C(=O)N[C@@H]1CCCc2ccccc21)C(C)(C)C)N(C)C(=O)O. The molecule has 53 heavy (non-hydrogen) atoms. The predicted octanol–water partition coefficient (Wildman–Crippen LogP) is 3.05. The molecule has 4 rings (SSSR count). The first-order valence-corrected chi connectivity index (χ1v) is 18.4. The van der Waals surface area contributed by atoms with Crippen LogP contribution in [0.5, 0.6) is 5.75 Å². The van der Waals surface area contributed by atoms with E-state index in [0.29, 0.717) is 58.5 Å². The number of aryl methyl sites for hydroxylation is 1. The monoisotopic (exact) mass is 739 g/mol. The molecule has 2 aliphatic rings. The fraction of sp³-hybridized carbons (Fsp3) is 0.590. The fourth-order valence-electron chi connectivity index (χ4n) is 6.55. The molecule has 0 saturated heterocycles. The Morgan fingerprint density at radius 2 is 1.60 bits per heavy atom. The summed E-state index contributed by atoms with van der Waals surface area (Å²) in [6.45, 7) is 10.5. The van der Waals surface area contributed by atoms with Crippen LogP contribution >= 0.6 is 0 Å². The lowest BCUT2D eigenvalue weighted by Crippen LogP contribution is -2.62. The average molecular weight is 740 g/mol. The number of ether oxygens (including phenoxy) is 4. The molecule has 5 N–H and O–H groups in total. The zero-order chi connectivity index (χ0) is 38.5. The van der Waals surface area contributed by atoms with Crippen LogP contribution in [-0.4, -0.2) is 117 Å². The Morgan fingerprint density at radius 3 is 2.26 bits per heavy atom. The van der Waals surface area contributed by atoms with Crippen LogP contribution in [0.2, 0.25) is 0 Å². The summed E-state index contributed by atoms with van der Waals surface area (Å²) in [4.78, 5) is 56.2. The first kappa shape index (κ1) is 41.5. The summed E-state index contributed by atoms with van der Waals surface area (Å²) in [6.07, 6.45) is 1.68. The smallest absolute Gasteiger partial charge is 0.407 e. The molecule has 4 atom stereocenters. The molecule has 1 heterocycles. The minimum Gasteiger partial charge on any atom is -0.491 e. The van der Waals surface area contributed by atoms with Crippen molar-refractivity contribution in [1.82, 2.24) is 20.4 Å². The number of likely N-dealkylation sites (N-methyl/N-ethyl adjacent to an activating group) is 1. The van der Waals surface area contributed by atoms with Crippen molar-refractivity contribution >= 4 is 23.8 Å². The van der Waals surface area contributed by atoms with E-state index in [-0.39, 0.29) is 24.9 Å². The standard InChI is InChI=1S/C39H57N5O9/c1-26(43(5)38(48)49)35(45)42-34(39(2,3)4)37(47)44-25-29-23-30(53-22-21-52-20-19-51-18-17-50-16-15-40)14-13-28(29)24-33(44)36(46)41-32-12-8-10-27-9-6-7-11-31(27)32/h6-7,9,11,13-14,23,26,32-34H,8,10,12,15-22,24-25,40H2,1-5H3,(H,41,46)(H,42,45)(H,48,49)/t26?,32-,33?,34?/m1/s1. The number of nitrogens with one attached hydrogen (secondary N) is 2. The van der Waals surface area contributed by atoms with Gasteiger partial charge in [-0.2, -0.15) is 0 Å². The molecule has 292 valence electrons. The van der Waals surface area contributed by atoms with Crippen LogP contribution in [0, 0.1) is 5.41 Å². The summed E-state index contributed by atoms with van der Waals surface area (Å²) in [7, 11) is 1.30. The number of nitrogens with two attached hydrogens (primary N) is 1. The number of nitrogens with zero attached hydrogens (tertiary/aromatic N) is 2. The Hall–Kier alpha value is -4.24. The molecule has 0 spiro atoms. The zero-order valence-electron chi connectivity index (χ0n) is 31.7. The number of rotatable bonds is 18. The van der Waals surface area contributed by atoms with E-state index in [1.54, 1.807) is 4.90 Å². The van der Waals surface area contributed by atoms with Gasteiger partial charge < -0.3 is 45.3 Å². The highest BCUT2D eigenvalue weighted by atomic mass is 16.6. The van der Waals surface area contributed by atoms with E-state index in [1.165, 1.54) is 19.5 Å². The van der Waals surface area contributed by atoms with E-state index in [9.17, 15) is 24.3 Å². The molecule has 14 nitrogen and oxygen atoms in total. The van der Waals surface area contributed by atoms with Gasteiger partial charge in [-0.25, -0.2) is 4.79 Å². The second-order valence-corrected chi connectivity index (χ2v) is 14.6. The number of benzene rings is 2. The van der Waals surface area contributed by atoms with Gasteiger partial charge in [-0.3, -0.25) is 19.3 Å². The molecule has 14 heteroatoms. The van der Waals surface area contributed by atoms with E-state index < -0.39 is 41.4 Å². The quantitative estimate of drug-likeness (QED) is 0.166. The van der Waals surface area contributed by atoms with Crippen LogP contribution in [0.4, 0.5) is 4.79 Å². The molecule has 0 radical (unpaired) electrons. The molecule has 2 aromatic rings. The minimum atomic E-state index is -1.27. The number of carbonyl (C=O) groups is 4. The zero-order valence-corrected chi connectivity index (χ0v) is 31.7. The Bertz CT molecular complexity index is 1550. The molecular weight excluding hydrogens is 682 g/mol. The van der Waals surface area contributed by atoms with Gasteiger partial charge >= 0.3 is 6.09 Å². The second kappa shape index (κ2) is 19.7. The van der Waals surface area contributed by atoms with Gasteiger partial charge in [0.2, 0.25) is 17.7 Å². The van der Waals surface area contributed by atoms with Crippen molar-refractivity contribution in [3.63, 3.8) is 0 Å². The molecule has 1 aliphatic carbocycles. The Labute approximate surface area is 312 Å². The molecule has 0 fully saturated rings. The van der Waals surface area contributed by atoms with E-state index >= 15 is 0 Å². The average Bonchev–Trinajstić information content (AvgIpc) is 3.14. The lowest BCUT2D eigenvalue weighted by molar-refractivity contribution is -0.147. The van der Waals surface area contributed by atoms with Crippen molar-refractivity contribution in [3.8, 4) is 5.75 Å². The van der Waals surface area contributed by atoms with Crippen LogP contribution in [0.1, 0.15) is 68.8 Å². The minimum absolute atomic E-state index is 0.112. The van der Waals surface area contributed by atoms with Gasteiger partial charge in [0.15, 0.2) is 0 Å². The first-order valence-electron chi connectivity index (χ1n) is 18.4. The van der Waals surface area contributed by atoms with Crippen molar-refractivity contribution < 1.29 is 43.2 Å². The van der Waals surface area contributed by atoms with Crippen LogP contribution in [0.25, 0.3) is 0 Å². The first-order chi connectivity index (χ1) is 25.3. The third-order valence-electron chi connectivity index (χ3n) is 9.74. The maximum atomic E-state index is 14.6. The highest BCUT2D eigenvalue weighted by Crippen LogP contribution is 2.33. The summed E-state index contributed by atoms with van der Waals surface area (Å²) in [5.41, 5.74) is 8.66. The number of amides is 4. The van der Waals surface area contributed by atoms with Gasteiger partial charge in [0.05, 0.1) is 45.7 Å². The topological polar surface area (TPSA) is 182 Å². The van der Waals surface area contributed by atoms with E-state index in [1.807, 2.05) is 57.2 Å². The van der Waals surface area contributed by atoms with Crippen molar-refractivity contribution in [2.45, 2.75) is 84.1 Å². The largest absolute Gasteiger partial charge is 0.491 e. The molecule has 3 unspecified atom stereocenters. The van der Waals surface area contributed by atoms with E-state index in [2.05, 4.69) is 16.7 Å². The van der Waals surface area contributed by atoms with Crippen LogP contribution in [0.15, 0.2) is 42.5 Å². The molecule has 1 aliphatic heterocycles. The van der Waals surface area contributed by atoms with E-state index in [0.717, 1.165) is 40.9 Å². The number of carboxylic acid groups (broad SMARTS) is 1. The Balaban J connectivity index is 1.50. The van der Waals surface area contributed by atoms with Crippen LogP contribution < -0.4 is 21.1 Å². The highest BCUT2D eigenvalue weighted by Gasteiger charge is 2.43. The number of hydrogen-bond acceptors (Lipinski definition) is 9. The fourth-order valence-corrected chi connectivity index (χ4v) is 6.55. The summed E-state index contributed by atoms with van der Waals surface area (Å²) in [5, 5.41) is 15.5. The predicted molar refractivity (Wildman–Crippen MR) is 198 cm³/mol. The molecule has 2 aromatic carbocycles. The normalized spacial score (nSPS) is 17.9. The summed E-state index contributed by atoms with van der Waals surface area (Å²) < 4.78 is 22.3. The van der Waals surface area contributed by atoms with Gasteiger partial charge in [0.25, 0.3) is 0 Å². The molecular formula is C39H57N5O9. The van der Waals surface area contributed by atoms with Gasteiger partial charge in [0, 0.05) is 26.6 Å². The molecule has 4 amide bonds. The summed E-state index contributed by atoms with van der Waals surface area (Å²) in [5.74, 6) is -0.714. The number of carbonyl (C=O) groups excluding carboxylic acids is 3. The van der Waals surface area contributed by atoms with Gasteiger partial charge in [-0.15, -0.1) is 0 Å².